The van der Waals surface area contributed by atoms with Gasteiger partial charge < -0.3 is 20.9 Å². The van der Waals surface area contributed by atoms with Crippen molar-refractivity contribution in [3.63, 3.8) is 0 Å². The molecule has 0 spiro atoms. The maximum atomic E-state index is 11.3. The number of alkyl halides is 3. The molecule has 1 atom stereocenters. The molecule has 0 aliphatic carbocycles. The molecule has 0 saturated heterocycles. The number of carboxylic acid groups (broad SMARTS) is 1. The van der Waals surface area contributed by atoms with E-state index < -0.39 is 12.1 Å². The van der Waals surface area contributed by atoms with E-state index in [0.717, 1.165) is 5.56 Å². The fourth-order valence-electron chi connectivity index (χ4n) is 1.82. The number of hydrogen-bond acceptors (Lipinski definition) is 5. The largest absolute Gasteiger partial charge is 0.490 e. The predicted molar refractivity (Wildman–Crippen MR) is 90.5 cm³/mol. The summed E-state index contributed by atoms with van der Waals surface area (Å²) in [5.41, 5.74) is 6.79. The molecule has 7 nitrogen and oxygen atoms in total. The molecule has 0 saturated carbocycles. The van der Waals surface area contributed by atoms with E-state index in [1.807, 2.05) is 24.3 Å². The highest BCUT2D eigenvalue weighted by atomic mass is 19.4. The third kappa shape index (κ3) is 8.19. The fourth-order valence-corrected chi connectivity index (χ4v) is 1.82. The minimum Gasteiger partial charge on any atom is -0.475 e. The summed E-state index contributed by atoms with van der Waals surface area (Å²) in [5.74, 6) is -3.35. The number of anilines is 1. The highest BCUT2D eigenvalue weighted by molar-refractivity contribution is 5.94. The van der Waals surface area contributed by atoms with Gasteiger partial charge in [-0.2, -0.15) is 13.2 Å². The van der Waals surface area contributed by atoms with Crippen LogP contribution in [-0.2, 0) is 19.1 Å². The normalized spacial score (nSPS) is 16.3. The zero-order chi connectivity index (χ0) is 20.4. The van der Waals surface area contributed by atoms with E-state index in [0.29, 0.717) is 12.1 Å². The highest BCUT2D eigenvalue weighted by Crippen LogP contribution is 2.18. The van der Waals surface area contributed by atoms with Crippen molar-refractivity contribution in [2.45, 2.75) is 18.7 Å². The SMILES string of the molecule is NCC(=O)Nc1ccccc1/C=C/[C@H]1CC=CC(=O)O1.O=C(O)C(F)(F)F. The average Bonchev–Trinajstić information content (AvgIpc) is 2.60. The van der Waals surface area contributed by atoms with E-state index in [-0.39, 0.29) is 24.5 Å². The molecule has 0 bridgehead atoms. The molecule has 4 N–H and O–H groups in total. The molecule has 2 rings (SSSR count). The van der Waals surface area contributed by atoms with E-state index in [9.17, 15) is 22.8 Å². The first-order valence-electron chi connectivity index (χ1n) is 7.58. The first kappa shape index (κ1) is 21.9. The Morgan fingerprint density at radius 1 is 1.33 bits per heavy atom. The van der Waals surface area contributed by atoms with Crippen LogP contribution in [0.3, 0.4) is 0 Å². The summed E-state index contributed by atoms with van der Waals surface area (Å²) in [4.78, 5) is 31.4. The third-order valence-electron chi connectivity index (χ3n) is 3.04. The van der Waals surface area contributed by atoms with Gasteiger partial charge in [-0.1, -0.05) is 30.4 Å². The second-order valence-corrected chi connectivity index (χ2v) is 5.11. The summed E-state index contributed by atoms with van der Waals surface area (Å²) in [6.45, 7) is -0.0664. The second kappa shape index (κ2) is 10.1. The number of nitrogens with one attached hydrogen (secondary N) is 1. The Labute approximate surface area is 152 Å². The summed E-state index contributed by atoms with van der Waals surface area (Å²) in [7, 11) is 0. The summed E-state index contributed by atoms with van der Waals surface area (Å²) in [6, 6.07) is 7.35. The van der Waals surface area contributed by atoms with Gasteiger partial charge in [0.2, 0.25) is 5.91 Å². The van der Waals surface area contributed by atoms with Crippen LogP contribution in [0.4, 0.5) is 18.9 Å². The molecular formula is C17H17F3N2O5. The van der Waals surface area contributed by atoms with E-state index in [1.54, 1.807) is 18.2 Å². The van der Waals surface area contributed by atoms with E-state index in [1.165, 1.54) is 6.08 Å². The molecule has 1 aliphatic heterocycles. The molecule has 27 heavy (non-hydrogen) atoms. The van der Waals surface area contributed by atoms with Gasteiger partial charge in [0.25, 0.3) is 0 Å². The molecule has 1 aromatic carbocycles. The van der Waals surface area contributed by atoms with Crippen LogP contribution in [0.1, 0.15) is 12.0 Å². The second-order valence-electron chi connectivity index (χ2n) is 5.11. The molecule has 10 heteroatoms. The van der Waals surface area contributed by atoms with Crippen LogP contribution < -0.4 is 11.1 Å². The molecule has 0 unspecified atom stereocenters. The Morgan fingerprint density at radius 2 is 1.96 bits per heavy atom. The number of carboxylic acids is 1. The number of esters is 1. The summed E-state index contributed by atoms with van der Waals surface area (Å²) in [5, 5.41) is 9.84. The van der Waals surface area contributed by atoms with Crippen LogP contribution in [0.15, 0.2) is 42.5 Å². The predicted octanol–water partition coefficient (Wildman–Crippen LogP) is 2.10. The number of ether oxygens (including phenoxy) is 1. The van der Waals surface area contributed by atoms with Crippen molar-refractivity contribution in [3.8, 4) is 0 Å². The lowest BCUT2D eigenvalue weighted by Gasteiger charge is -2.15. The lowest BCUT2D eigenvalue weighted by atomic mass is 10.1. The Kier molecular flexibility index (Phi) is 8.21. The van der Waals surface area contributed by atoms with E-state index in [4.69, 9.17) is 20.4 Å². The Morgan fingerprint density at radius 3 is 2.52 bits per heavy atom. The number of benzene rings is 1. The molecule has 1 aromatic rings. The standard InChI is InChI=1S/C15H16N2O3.C2HF3O2/c16-10-14(18)17-13-6-2-1-4-11(13)8-9-12-5-3-7-15(19)20-12;3-2(4,5)1(6)7/h1-4,6-9,12H,5,10,16H2,(H,17,18);(H,6,7)/b9-8+;/t12-;/m1./s1. The van der Waals surface area contributed by atoms with Crippen molar-refractivity contribution in [1.29, 1.82) is 0 Å². The fraction of sp³-hybridized carbons (Fsp3) is 0.235. The summed E-state index contributed by atoms with van der Waals surface area (Å²) < 4.78 is 36.9. The maximum absolute atomic E-state index is 11.3. The van der Waals surface area contributed by atoms with Gasteiger partial charge in [0.1, 0.15) is 6.10 Å². The molecule has 0 radical (unpaired) electrons. The lowest BCUT2D eigenvalue weighted by Crippen LogP contribution is -2.22. The zero-order valence-electron chi connectivity index (χ0n) is 13.9. The maximum Gasteiger partial charge on any atom is 0.490 e. The number of amides is 1. The Balaban J connectivity index is 0.000000445. The number of halogens is 3. The van der Waals surface area contributed by atoms with E-state index in [2.05, 4.69) is 5.32 Å². The van der Waals surface area contributed by atoms with Crippen LogP contribution in [0.2, 0.25) is 0 Å². The van der Waals surface area contributed by atoms with Gasteiger partial charge in [-0.25, -0.2) is 9.59 Å². The number of rotatable bonds is 4. The lowest BCUT2D eigenvalue weighted by molar-refractivity contribution is -0.192. The number of para-hydroxylation sites is 1. The minimum atomic E-state index is -5.08. The van der Waals surface area contributed by atoms with Gasteiger partial charge in [0.15, 0.2) is 0 Å². The van der Waals surface area contributed by atoms with Gasteiger partial charge in [-0.3, -0.25) is 4.79 Å². The van der Waals surface area contributed by atoms with Gasteiger partial charge in [0, 0.05) is 18.2 Å². The molecule has 1 amide bonds. The topological polar surface area (TPSA) is 119 Å². The third-order valence-corrected chi connectivity index (χ3v) is 3.04. The van der Waals surface area contributed by atoms with Crippen molar-refractivity contribution in [1.82, 2.24) is 0 Å². The molecule has 0 fully saturated rings. The van der Waals surface area contributed by atoms with Crippen LogP contribution in [-0.4, -0.2) is 41.8 Å². The average molecular weight is 386 g/mol. The van der Waals surface area contributed by atoms with Gasteiger partial charge in [-0.15, -0.1) is 0 Å². The number of nitrogens with two attached hydrogens (primary N) is 1. The van der Waals surface area contributed by atoms with Crippen LogP contribution in [0.5, 0.6) is 0 Å². The van der Waals surface area contributed by atoms with Crippen molar-refractivity contribution in [2.75, 3.05) is 11.9 Å². The van der Waals surface area contributed by atoms with E-state index >= 15 is 0 Å². The smallest absolute Gasteiger partial charge is 0.475 e. The quantitative estimate of drug-likeness (QED) is 0.682. The van der Waals surface area contributed by atoms with Gasteiger partial charge >= 0.3 is 18.1 Å². The van der Waals surface area contributed by atoms with Crippen LogP contribution >= 0.6 is 0 Å². The molecule has 1 aliphatic rings. The first-order chi connectivity index (χ1) is 12.6. The molecule has 1 heterocycles. The number of hydrogen-bond donors (Lipinski definition) is 3. The number of cyclic esters (lactones) is 1. The van der Waals surface area contributed by atoms with Crippen LogP contribution in [0, 0.1) is 0 Å². The first-order valence-corrected chi connectivity index (χ1v) is 7.58. The van der Waals surface area contributed by atoms with Crippen LogP contribution in [0.25, 0.3) is 6.08 Å². The van der Waals surface area contributed by atoms with Crippen molar-refractivity contribution < 1.29 is 37.4 Å². The number of carbonyl (C=O) groups is 3. The Hall–Kier alpha value is -3.14. The van der Waals surface area contributed by atoms with Crippen molar-refractivity contribution in [2.24, 2.45) is 5.73 Å². The number of aliphatic carboxylic acids is 1. The Bertz CT molecular complexity index is 744. The minimum absolute atomic E-state index is 0.0664. The summed E-state index contributed by atoms with van der Waals surface area (Å²) >= 11 is 0. The monoisotopic (exact) mass is 386 g/mol. The van der Waals surface area contributed by atoms with Crippen molar-refractivity contribution in [3.05, 3.63) is 48.1 Å². The molecular weight excluding hydrogens is 369 g/mol. The van der Waals surface area contributed by atoms with Gasteiger partial charge in [0.05, 0.1) is 6.54 Å². The number of carbonyl (C=O) groups excluding carboxylic acids is 2. The zero-order valence-corrected chi connectivity index (χ0v) is 13.9. The molecule has 0 aromatic heterocycles. The van der Waals surface area contributed by atoms with Gasteiger partial charge in [-0.05, 0) is 17.7 Å². The highest BCUT2D eigenvalue weighted by Gasteiger charge is 2.38. The molecule has 146 valence electrons. The summed E-state index contributed by atoms with van der Waals surface area (Å²) in [6.07, 6.45) is 2.12. The van der Waals surface area contributed by atoms with Crippen molar-refractivity contribution >= 4 is 29.6 Å².